The number of aromatic nitrogens is 2. The van der Waals surface area contributed by atoms with Crippen molar-refractivity contribution in [3.8, 4) is 11.5 Å². The Kier molecular flexibility index (Phi) is 5.75. The van der Waals surface area contributed by atoms with Crippen LogP contribution >= 0.6 is 0 Å². The second-order valence-electron chi connectivity index (χ2n) is 4.98. The lowest BCUT2D eigenvalue weighted by Gasteiger charge is -2.07. The van der Waals surface area contributed by atoms with Crippen LogP contribution in [0.2, 0.25) is 0 Å². The molecule has 0 unspecified atom stereocenters. The molecule has 0 amide bonds. The fourth-order valence-corrected chi connectivity index (χ4v) is 2.02. The van der Waals surface area contributed by atoms with Crippen molar-refractivity contribution in [3.63, 3.8) is 0 Å². The van der Waals surface area contributed by atoms with Crippen LogP contribution in [0.5, 0.6) is 11.5 Å². The first-order chi connectivity index (χ1) is 10.2. The number of ether oxygens (including phenoxy) is 1. The quantitative estimate of drug-likeness (QED) is 0.753. The van der Waals surface area contributed by atoms with Gasteiger partial charge in [-0.3, -0.25) is 4.68 Å². The van der Waals surface area contributed by atoms with Crippen LogP contribution in [-0.2, 0) is 13.1 Å². The molecule has 0 bridgehead atoms. The van der Waals surface area contributed by atoms with E-state index in [1.54, 1.807) is 23.1 Å². The lowest BCUT2D eigenvalue weighted by Crippen LogP contribution is -2.13. The van der Waals surface area contributed by atoms with Crippen LogP contribution in [0.4, 0.5) is 4.39 Å². The van der Waals surface area contributed by atoms with Crippen LogP contribution in [-0.4, -0.2) is 16.3 Å². The molecule has 1 aromatic heterocycles. The Morgan fingerprint density at radius 3 is 2.86 bits per heavy atom. The first kappa shape index (κ1) is 15.5. The zero-order chi connectivity index (χ0) is 15.1. The van der Waals surface area contributed by atoms with Crippen LogP contribution in [0.1, 0.15) is 32.3 Å². The van der Waals surface area contributed by atoms with Gasteiger partial charge in [0, 0.05) is 13.1 Å². The smallest absolute Gasteiger partial charge is 0.166 e. The molecular weight excluding hydrogens is 269 g/mol. The molecule has 1 N–H and O–H groups in total. The monoisotopic (exact) mass is 291 g/mol. The summed E-state index contributed by atoms with van der Waals surface area (Å²) in [6.45, 7) is 6.60. The van der Waals surface area contributed by atoms with E-state index in [0.29, 0.717) is 12.3 Å². The fourth-order valence-electron chi connectivity index (χ4n) is 2.02. The van der Waals surface area contributed by atoms with Crippen LogP contribution in [0.15, 0.2) is 30.6 Å². The maximum absolute atomic E-state index is 14.0. The van der Waals surface area contributed by atoms with E-state index in [-0.39, 0.29) is 11.6 Å². The van der Waals surface area contributed by atoms with Gasteiger partial charge in [0.2, 0.25) is 0 Å². The standard InChI is InChI=1S/C16H22FN3O/c1-3-7-18-10-13-5-6-16(15(17)9-13)21-14-11-19-20(12-14)8-4-2/h5-6,9,11-12,18H,3-4,7-8,10H2,1-2H3. The van der Waals surface area contributed by atoms with Gasteiger partial charge in [0.25, 0.3) is 0 Å². The summed E-state index contributed by atoms with van der Waals surface area (Å²) in [7, 11) is 0. The Bertz CT molecular complexity index is 568. The van der Waals surface area contributed by atoms with Crippen molar-refractivity contribution in [2.45, 2.75) is 39.8 Å². The van der Waals surface area contributed by atoms with E-state index >= 15 is 0 Å². The van der Waals surface area contributed by atoms with E-state index in [1.165, 1.54) is 6.07 Å². The molecule has 2 rings (SSSR count). The number of benzene rings is 1. The molecule has 1 aromatic carbocycles. The Hall–Kier alpha value is -1.88. The molecule has 0 aliphatic carbocycles. The summed E-state index contributed by atoms with van der Waals surface area (Å²) in [5, 5.41) is 7.40. The van der Waals surface area contributed by atoms with E-state index in [4.69, 9.17) is 4.74 Å². The molecule has 5 heteroatoms. The number of aryl methyl sites for hydroxylation is 1. The average Bonchev–Trinajstić information content (AvgIpc) is 2.90. The molecule has 0 radical (unpaired) electrons. The SMILES string of the molecule is CCCNCc1ccc(Oc2cnn(CCC)c2)c(F)c1. The highest BCUT2D eigenvalue weighted by Gasteiger charge is 2.07. The molecular formula is C16H22FN3O. The van der Waals surface area contributed by atoms with Crippen LogP contribution in [0.25, 0.3) is 0 Å². The molecule has 0 saturated heterocycles. The third-order valence-electron chi connectivity index (χ3n) is 3.04. The van der Waals surface area contributed by atoms with Crippen molar-refractivity contribution >= 4 is 0 Å². The van der Waals surface area contributed by atoms with Crippen LogP contribution < -0.4 is 10.1 Å². The van der Waals surface area contributed by atoms with Crippen molar-refractivity contribution in [2.75, 3.05) is 6.54 Å². The lowest BCUT2D eigenvalue weighted by molar-refractivity contribution is 0.440. The van der Waals surface area contributed by atoms with Gasteiger partial charge >= 0.3 is 0 Å². The fraction of sp³-hybridized carbons (Fsp3) is 0.438. The summed E-state index contributed by atoms with van der Waals surface area (Å²) in [4.78, 5) is 0. The normalized spacial score (nSPS) is 10.8. The van der Waals surface area contributed by atoms with E-state index in [9.17, 15) is 4.39 Å². The lowest BCUT2D eigenvalue weighted by atomic mass is 10.2. The average molecular weight is 291 g/mol. The molecule has 0 aliphatic heterocycles. The summed E-state index contributed by atoms with van der Waals surface area (Å²) in [6, 6.07) is 5.04. The van der Waals surface area contributed by atoms with Gasteiger partial charge < -0.3 is 10.1 Å². The number of hydrogen-bond acceptors (Lipinski definition) is 3. The van der Waals surface area contributed by atoms with Gasteiger partial charge in [-0.25, -0.2) is 4.39 Å². The van der Waals surface area contributed by atoms with Gasteiger partial charge in [0.15, 0.2) is 17.3 Å². The van der Waals surface area contributed by atoms with E-state index in [1.807, 2.05) is 6.07 Å². The second-order valence-corrected chi connectivity index (χ2v) is 4.98. The summed E-state index contributed by atoms with van der Waals surface area (Å²) >= 11 is 0. The van der Waals surface area contributed by atoms with Crippen molar-refractivity contribution in [1.29, 1.82) is 0 Å². The number of halogens is 1. The topological polar surface area (TPSA) is 39.1 Å². The van der Waals surface area contributed by atoms with Crippen molar-refractivity contribution in [2.24, 2.45) is 0 Å². The van der Waals surface area contributed by atoms with Crippen molar-refractivity contribution in [3.05, 3.63) is 42.0 Å². The zero-order valence-corrected chi connectivity index (χ0v) is 12.6. The molecule has 0 spiro atoms. The Morgan fingerprint density at radius 2 is 2.14 bits per heavy atom. The number of nitrogens with one attached hydrogen (secondary N) is 1. The van der Waals surface area contributed by atoms with Crippen LogP contribution in [0, 0.1) is 5.82 Å². The van der Waals surface area contributed by atoms with Crippen molar-refractivity contribution in [1.82, 2.24) is 15.1 Å². The number of hydrogen-bond donors (Lipinski definition) is 1. The second kappa shape index (κ2) is 7.78. The van der Waals surface area contributed by atoms with Gasteiger partial charge in [0.05, 0.1) is 12.4 Å². The first-order valence-electron chi connectivity index (χ1n) is 7.42. The minimum absolute atomic E-state index is 0.227. The highest BCUT2D eigenvalue weighted by atomic mass is 19.1. The van der Waals surface area contributed by atoms with Gasteiger partial charge in [-0.05, 0) is 37.1 Å². The van der Waals surface area contributed by atoms with Crippen LogP contribution in [0.3, 0.4) is 0 Å². The third kappa shape index (κ3) is 4.56. The third-order valence-corrected chi connectivity index (χ3v) is 3.04. The number of rotatable bonds is 8. The molecule has 114 valence electrons. The highest BCUT2D eigenvalue weighted by molar-refractivity contribution is 5.33. The maximum atomic E-state index is 14.0. The van der Waals surface area contributed by atoms with E-state index in [2.05, 4.69) is 24.3 Å². The largest absolute Gasteiger partial charge is 0.451 e. The first-order valence-corrected chi connectivity index (χ1v) is 7.42. The Morgan fingerprint density at radius 1 is 1.29 bits per heavy atom. The van der Waals surface area contributed by atoms with Gasteiger partial charge in [-0.1, -0.05) is 19.9 Å². The zero-order valence-electron chi connectivity index (χ0n) is 12.6. The predicted molar refractivity (Wildman–Crippen MR) is 81.0 cm³/mol. The molecule has 21 heavy (non-hydrogen) atoms. The molecule has 0 saturated carbocycles. The summed E-state index contributed by atoms with van der Waals surface area (Å²) in [5.74, 6) is 0.429. The van der Waals surface area contributed by atoms with Crippen molar-refractivity contribution < 1.29 is 9.13 Å². The van der Waals surface area contributed by atoms with E-state index in [0.717, 1.165) is 31.5 Å². The predicted octanol–water partition coefficient (Wildman–Crippen LogP) is 3.72. The number of nitrogens with zero attached hydrogens (tertiary/aromatic N) is 2. The van der Waals surface area contributed by atoms with Gasteiger partial charge in [0.1, 0.15) is 0 Å². The molecule has 0 fully saturated rings. The van der Waals surface area contributed by atoms with Gasteiger partial charge in [-0.15, -0.1) is 0 Å². The minimum Gasteiger partial charge on any atom is -0.451 e. The molecule has 1 heterocycles. The van der Waals surface area contributed by atoms with E-state index < -0.39 is 0 Å². The molecule has 0 atom stereocenters. The molecule has 0 aliphatic rings. The minimum atomic E-state index is -0.353. The Labute approximate surface area is 124 Å². The summed E-state index contributed by atoms with van der Waals surface area (Å²) in [5.41, 5.74) is 0.912. The summed E-state index contributed by atoms with van der Waals surface area (Å²) in [6.07, 6.45) is 5.44. The maximum Gasteiger partial charge on any atom is 0.166 e. The molecule has 2 aromatic rings. The highest BCUT2D eigenvalue weighted by Crippen LogP contribution is 2.24. The van der Waals surface area contributed by atoms with Gasteiger partial charge in [-0.2, -0.15) is 5.10 Å². The molecule has 4 nitrogen and oxygen atoms in total. The Balaban J connectivity index is 1.99. The summed E-state index contributed by atoms with van der Waals surface area (Å²) < 4.78 is 21.3.